The molecule has 5 rings (SSSR count). The molecule has 3 aromatic rings. The number of aliphatic imine (C=N–C) groups is 1. The molecule has 4 heterocycles. The molecule has 0 aliphatic carbocycles. The topological polar surface area (TPSA) is 115 Å². The average molecular weight is 490 g/mol. The highest BCUT2D eigenvalue weighted by Crippen LogP contribution is 2.40. The zero-order valence-electron chi connectivity index (χ0n) is 19.2. The first-order valence-corrected chi connectivity index (χ1v) is 11.2. The van der Waals surface area contributed by atoms with Crippen molar-refractivity contribution in [3.63, 3.8) is 0 Å². The summed E-state index contributed by atoms with van der Waals surface area (Å²) in [5.74, 6) is -0.856. The number of fused-ring (bicyclic) bond motifs is 1. The number of halogens is 3. The summed E-state index contributed by atoms with van der Waals surface area (Å²) >= 11 is 0. The Morgan fingerprint density at radius 2 is 2.00 bits per heavy atom. The lowest BCUT2D eigenvalue weighted by atomic mass is 9.99. The third-order valence-electron chi connectivity index (χ3n) is 6.31. The normalized spacial score (nSPS) is 21.9. The van der Waals surface area contributed by atoms with Gasteiger partial charge in [0, 0.05) is 38.2 Å². The number of aromatic nitrogens is 3. The van der Waals surface area contributed by atoms with E-state index in [0.29, 0.717) is 37.4 Å². The number of hydrogen-bond donors (Lipinski definition) is 4. The van der Waals surface area contributed by atoms with Crippen LogP contribution in [0.15, 0.2) is 41.7 Å². The van der Waals surface area contributed by atoms with Crippen molar-refractivity contribution in [3.05, 3.63) is 53.3 Å². The van der Waals surface area contributed by atoms with Crippen LogP contribution in [0.25, 0.3) is 11.3 Å². The van der Waals surface area contributed by atoms with Crippen molar-refractivity contribution in [2.24, 2.45) is 17.8 Å². The SMILES string of the molecule is COc1cc(-c2ccnn2C)ccc1C1(N)NC(=NC2CCOCC2)c2c(C(F)(F)F)c[nH]c2N1. The molecule has 2 aliphatic heterocycles. The molecule has 0 amide bonds. The Morgan fingerprint density at radius 1 is 1.23 bits per heavy atom. The Morgan fingerprint density at radius 3 is 2.66 bits per heavy atom. The summed E-state index contributed by atoms with van der Waals surface area (Å²) < 4.78 is 54.1. The first-order valence-electron chi connectivity index (χ1n) is 11.2. The number of rotatable bonds is 4. The van der Waals surface area contributed by atoms with Gasteiger partial charge in [0.05, 0.1) is 35.5 Å². The highest BCUT2D eigenvalue weighted by molar-refractivity contribution is 6.07. The minimum absolute atomic E-state index is 0.0690. The number of nitrogens with two attached hydrogens (primary N) is 1. The van der Waals surface area contributed by atoms with E-state index in [1.165, 1.54) is 7.11 Å². The number of ether oxygens (including phenoxy) is 2. The van der Waals surface area contributed by atoms with Gasteiger partial charge in [-0.05, 0) is 31.0 Å². The maximum absolute atomic E-state index is 13.8. The van der Waals surface area contributed by atoms with Gasteiger partial charge < -0.3 is 25.1 Å². The summed E-state index contributed by atoms with van der Waals surface area (Å²) in [5.41, 5.74) is 8.07. The summed E-state index contributed by atoms with van der Waals surface area (Å²) in [6.07, 6.45) is -0.733. The lowest BCUT2D eigenvalue weighted by molar-refractivity contribution is -0.137. The Balaban J connectivity index is 1.59. The first kappa shape index (κ1) is 23.2. The molecular formula is C23H26F3N7O2. The summed E-state index contributed by atoms with van der Waals surface area (Å²) in [6, 6.07) is 7.11. The van der Waals surface area contributed by atoms with Crippen LogP contribution in [0.2, 0.25) is 0 Å². The van der Waals surface area contributed by atoms with Crippen LogP contribution in [0.4, 0.5) is 19.0 Å². The number of nitrogens with zero attached hydrogens (tertiary/aromatic N) is 3. The molecule has 186 valence electrons. The van der Waals surface area contributed by atoms with Gasteiger partial charge in [-0.25, -0.2) is 0 Å². The van der Waals surface area contributed by atoms with Crippen LogP contribution in [0.5, 0.6) is 5.75 Å². The minimum Gasteiger partial charge on any atom is -0.496 e. The first-order chi connectivity index (χ1) is 16.7. The van der Waals surface area contributed by atoms with E-state index in [1.54, 1.807) is 16.9 Å². The summed E-state index contributed by atoms with van der Waals surface area (Å²) in [4.78, 5) is 7.36. The van der Waals surface area contributed by atoms with Crippen LogP contribution in [-0.2, 0) is 23.7 Å². The van der Waals surface area contributed by atoms with Crippen molar-refractivity contribution in [1.82, 2.24) is 20.1 Å². The molecule has 12 heteroatoms. The Kier molecular flexibility index (Phi) is 5.72. The van der Waals surface area contributed by atoms with Crippen molar-refractivity contribution in [1.29, 1.82) is 0 Å². The summed E-state index contributed by atoms with van der Waals surface area (Å²) in [6.45, 7) is 1.01. The number of aryl methyl sites for hydroxylation is 1. The zero-order valence-corrected chi connectivity index (χ0v) is 19.2. The molecule has 0 bridgehead atoms. The number of alkyl halides is 3. The van der Waals surface area contributed by atoms with E-state index in [0.717, 1.165) is 17.5 Å². The van der Waals surface area contributed by atoms with Crippen molar-refractivity contribution in [2.45, 2.75) is 30.8 Å². The molecule has 0 saturated carbocycles. The van der Waals surface area contributed by atoms with Gasteiger partial charge in [0.25, 0.3) is 0 Å². The molecule has 1 atom stereocenters. The van der Waals surface area contributed by atoms with Crippen LogP contribution in [0.1, 0.15) is 29.5 Å². The van der Waals surface area contributed by atoms with E-state index in [4.69, 9.17) is 15.2 Å². The van der Waals surface area contributed by atoms with Crippen LogP contribution in [0, 0.1) is 0 Å². The van der Waals surface area contributed by atoms with Crippen molar-refractivity contribution < 1.29 is 22.6 Å². The molecule has 9 nitrogen and oxygen atoms in total. The van der Waals surface area contributed by atoms with Crippen LogP contribution in [-0.4, -0.2) is 47.0 Å². The second-order valence-electron chi connectivity index (χ2n) is 8.58. The third-order valence-corrected chi connectivity index (χ3v) is 6.31. The molecule has 1 fully saturated rings. The number of nitrogens with one attached hydrogen (secondary N) is 3. The fraction of sp³-hybridized carbons (Fsp3) is 0.391. The maximum atomic E-state index is 13.8. The Bertz CT molecular complexity index is 1260. The van der Waals surface area contributed by atoms with Crippen molar-refractivity contribution in [2.75, 3.05) is 25.6 Å². The van der Waals surface area contributed by atoms with Crippen LogP contribution < -0.4 is 21.1 Å². The summed E-state index contributed by atoms with van der Waals surface area (Å²) in [7, 11) is 3.34. The second-order valence-corrected chi connectivity index (χ2v) is 8.58. The second kappa shape index (κ2) is 8.61. The fourth-order valence-corrected chi connectivity index (χ4v) is 4.53. The molecule has 1 saturated heterocycles. The third kappa shape index (κ3) is 4.23. The Hall–Kier alpha value is -3.51. The van der Waals surface area contributed by atoms with Crippen molar-refractivity contribution >= 4 is 11.7 Å². The monoisotopic (exact) mass is 489 g/mol. The van der Waals surface area contributed by atoms with Gasteiger partial charge in [0.15, 0.2) is 5.79 Å². The number of H-pyrrole nitrogens is 1. The van der Waals surface area contributed by atoms with E-state index in [1.807, 2.05) is 25.2 Å². The van der Waals surface area contributed by atoms with E-state index in [-0.39, 0.29) is 23.3 Å². The van der Waals surface area contributed by atoms with Gasteiger partial charge in [-0.3, -0.25) is 15.4 Å². The van der Waals surface area contributed by atoms with Gasteiger partial charge in [-0.1, -0.05) is 6.07 Å². The average Bonchev–Trinajstić information content (AvgIpc) is 3.45. The molecule has 0 spiro atoms. The number of benzene rings is 1. The summed E-state index contributed by atoms with van der Waals surface area (Å²) in [5, 5.41) is 10.2. The number of hydrogen-bond acceptors (Lipinski definition) is 6. The van der Waals surface area contributed by atoms with E-state index in [9.17, 15) is 13.2 Å². The quantitative estimate of drug-likeness (QED) is 0.448. The van der Waals surface area contributed by atoms with Crippen LogP contribution >= 0.6 is 0 Å². The molecule has 2 aromatic heterocycles. The molecule has 1 aromatic carbocycles. The zero-order chi connectivity index (χ0) is 24.8. The minimum atomic E-state index is -4.57. The molecule has 5 N–H and O–H groups in total. The molecule has 0 radical (unpaired) electrons. The predicted octanol–water partition coefficient (Wildman–Crippen LogP) is 3.15. The van der Waals surface area contributed by atoms with E-state index >= 15 is 0 Å². The number of methoxy groups -OCH3 is 1. The van der Waals surface area contributed by atoms with E-state index in [2.05, 4.69) is 25.7 Å². The molecule has 35 heavy (non-hydrogen) atoms. The predicted molar refractivity (Wildman–Crippen MR) is 124 cm³/mol. The van der Waals surface area contributed by atoms with Gasteiger partial charge in [-0.15, -0.1) is 0 Å². The standard InChI is InChI=1S/C23H26F3N7O2/c1-33-17(5-8-29-33)13-3-4-15(18(11-13)34-2)23(27)31-20-19(16(12-28-20)22(24,25)26)21(32-23)30-14-6-9-35-10-7-14/h3-5,8,11-12,14,28,31H,6-7,9-10,27H2,1-2H3,(H,30,32). The van der Waals surface area contributed by atoms with Crippen LogP contribution in [0.3, 0.4) is 0 Å². The molecule has 1 unspecified atom stereocenters. The lowest BCUT2D eigenvalue weighted by Gasteiger charge is -2.39. The number of anilines is 1. The Labute approximate surface area is 199 Å². The van der Waals surface area contributed by atoms with Gasteiger partial charge in [-0.2, -0.15) is 18.3 Å². The largest absolute Gasteiger partial charge is 0.496 e. The van der Waals surface area contributed by atoms with Crippen molar-refractivity contribution in [3.8, 4) is 17.0 Å². The number of aromatic amines is 1. The number of amidine groups is 1. The fourth-order valence-electron chi connectivity index (χ4n) is 4.53. The smallest absolute Gasteiger partial charge is 0.418 e. The molecular weight excluding hydrogens is 463 g/mol. The molecule has 2 aliphatic rings. The van der Waals surface area contributed by atoms with Gasteiger partial charge in [0.2, 0.25) is 0 Å². The highest BCUT2D eigenvalue weighted by Gasteiger charge is 2.44. The van der Waals surface area contributed by atoms with Gasteiger partial charge in [0.1, 0.15) is 17.4 Å². The van der Waals surface area contributed by atoms with Gasteiger partial charge >= 0.3 is 6.18 Å². The highest BCUT2D eigenvalue weighted by atomic mass is 19.4. The maximum Gasteiger partial charge on any atom is 0.418 e. The van der Waals surface area contributed by atoms with E-state index < -0.39 is 17.5 Å². The lowest BCUT2D eigenvalue weighted by Crippen LogP contribution is -2.62.